The fourth-order valence-electron chi connectivity index (χ4n) is 2.22. The molecule has 0 saturated carbocycles. The van der Waals surface area contributed by atoms with Gasteiger partial charge in [0, 0.05) is 14.6 Å². The summed E-state index contributed by atoms with van der Waals surface area (Å²) in [5, 5.41) is 0.528. The van der Waals surface area contributed by atoms with Crippen molar-refractivity contribution in [1.82, 2.24) is 0 Å². The number of rotatable bonds is 2. The molecule has 18 heavy (non-hydrogen) atoms. The first-order valence-corrected chi connectivity index (χ1v) is 7.52. The molecular formula is C15H13BrOS. The van der Waals surface area contributed by atoms with E-state index in [4.69, 9.17) is 4.74 Å². The van der Waals surface area contributed by atoms with Crippen LogP contribution in [0.1, 0.15) is 16.4 Å². The SMILES string of the molecule is COc1ccc(C2Cc3cc(Br)ccc3S2)cc1. The van der Waals surface area contributed by atoms with E-state index < -0.39 is 0 Å². The summed E-state index contributed by atoms with van der Waals surface area (Å²) in [6.07, 6.45) is 1.10. The Kier molecular flexibility index (Phi) is 3.35. The second-order valence-corrected chi connectivity index (χ2v) is 6.50. The minimum Gasteiger partial charge on any atom is -0.497 e. The van der Waals surface area contributed by atoms with Crippen LogP contribution in [0.5, 0.6) is 5.75 Å². The zero-order valence-electron chi connectivity index (χ0n) is 10.0. The topological polar surface area (TPSA) is 9.23 Å². The highest BCUT2D eigenvalue weighted by Crippen LogP contribution is 2.47. The standard InChI is InChI=1S/C15H13BrOS/c1-17-13-5-2-10(3-6-13)15-9-11-8-12(16)4-7-14(11)18-15/h2-8,15H,9H2,1H3. The van der Waals surface area contributed by atoms with Gasteiger partial charge in [-0.2, -0.15) is 0 Å². The molecule has 1 heterocycles. The third kappa shape index (κ3) is 2.29. The minimum atomic E-state index is 0.528. The van der Waals surface area contributed by atoms with Gasteiger partial charge < -0.3 is 4.74 Å². The van der Waals surface area contributed by atoms with Crippen molar-refractivity contribution in [3.8, 4) is 5.75 Å². The van der Waals surface area contributed by atoms with Gasteiger partial charge in [-0.05, 0) is 47.9 Å². The lowest BCUT2D eigenvalue weighted by molar-refractivity contribution is 0.414. The smallest absolute Gasteiger partial charge is 0.118 e. The molecule has 3 heteroatoms. The second kappa shape index (κ2) is 4.98. The molecule has 0 fully saturated rings. The molecule has 0 aromatic heterocycles. The summed E-state index contributed by atoms with van der Waals surface area (Å²) in [4.78, 5) is 1.40. The molecule has 1 aliphatic rings. The van der Waals surface area contributed by atoms with E-state index >= 15 is 0 Å². The van der Waals surface area contributed by atoms with Crippen molar-refractivity contribution in [3.05, 3.63) is 58.1 Å². The molecule has 1 unspecified atom stereocenters. The van der Waals surface area contributed by atoms with Crippen molar-refractivity contribution >= 4 is 27.7 Å². The van der Waals surface area contributed by atoms with Crippen LogP contribution in [0.4, 0.5) is 0 Å². The molecule has 1 nitrogen and oxygen atoms in total. The fourth-order valence-corrected chi connectivity index (χ4v) is 3.93. The van der Waals surface area contributed by atoms with Crippen LogP contribution in [0.25, 0.3) is 0 Å². The summed E-state index contributed by atoms with van der Waals surface area (Å²) < 4.78 is 6.36. The summed E-state index contributed by atoms with van der Waals surface area (Å²) >= 11 is 5.48. The van der Waals surface area contributed by atoms with Crippen LogP contribution < -0.4 is 4.74 Å². The van der Waals surface area contributed by atoms with Gasteiger partial charge in [-0.1, -0.05) is 28.1 Å². The lowest BCUT2D eigenvalue weighted by Gasteiger charge is -2.09. The van der Waals surface area contributed by atoms with Gasteiger partial charge in [0.2, 0.25) is 0 Å². The van der Waals surface area contributed by atoms with Crippen molar-refractivity contribution in [3.63, 3.8) is 0 Å². The second-order valence-electron chi connectivity index (χ2n) is 4.34. The largest absolute Gasteiger partial charge is 0.497 e. The van der Waals surface area contributed by atoms with E-state index in [0.29, 0.717) is 5.25 Å². The maximum absolute atomic E-state index is 5.20. The Labute approximate surface area is 120 Å². The summed E-state index contributed by atoms with van der Waals surface area (Å²) in [5.41, 5.74) is 2.81. The Bertz CT molecular complexity index is 565. The van der Waals surface area contributed by atoms with Crippen molar-refractivity contribution in [2.24, 2.45) is 0 Å². The molecule has 3 rings (SSSR count). The van der Waals surface area contributed by atoms with Crippen LogP contribution in [0.2, 0.25) is 0 Å². The molecule has 2 aromatic carbocycles. The van der Waals surface area contributed by atoms with E-state index in [1.165, 1.54) is 16.0 Å². The molecular weight excluding hydrogens is 308 g/mol. The van der Waals surface area contributed by atoms with Crippen LogP contribution in [0, 0.1) is 0 Å². The lowest BCUT2D eigenvalue weighted by Crippen LogP contribution is -1.92. The van der Waals surface area contributed by atoms with E-state index in [2.05, 4.69) is 46.3 Å². The van der Waals surface area contributed by atoms with E-state index in [1.807, 2.05) is 23.9 Å². The zero-order valence-corrected chi connectivity index (χ0v) is 12.4. The Hall–Kier alpha value is -0.930. The molecule has 0 spiro atoms. The molecule has 0 radical (unpaired) electrons. The fraction of sp³-hybridized carbons (Fsp3) is 0.200. The first kappa shape index (κ1) is 12.1. The molecule has 0 saturated heterocycles. The van der Waals surface area contributed by atoms with Crippen molar-refractivity contribution in [2.45, 2.75) is 16.6 Å². The number of halogens is 1. The number of methoxy groups -OCH3 is 1. The molecule has 2 aromatic rings. The Morgan fingerprint density at radius 3 is 2.67 bits per heavy atom. The van der Waals surface area contributed by atoms with Gasteiger partial charge in [-0.15, -0.1) is 11.8 Å². The average Bonchev–Trinajstić information content (AvgIpc) is 2.81. The van der Waals surface area contributed by atoms with E-state index in [-0.39, 0.29) is 0 Å². The first-order valence-electron chi connectivity index (χ1n) is 5.85. The van der Waals surface area contributed by atoms with Gasteiger partial charge >= 0.3 is 0 Å². The van der Waals surface area contributed by atoms with Crippen LogP contribution in [-0.2, 0) is 6.42 Å². The summed E-state index contributed by atoms with van der Waals surface area (Å²) in [7, 11) is 1.70. The quantitative estimate of drug-likeness (QED) is 0.782. The Morgan fingerprint density at radius 1 is 1.17 bits per heavy atom. The van der Waals surface area contributed by atoms with Crippen LogP contribution in [0.3, 0.4) is 0 Å². The third-order valence-corrected chi connectivity index (χ3v) is 5.05. The van der Waals surface area contributed by atoms with E-state index in [9.17, 15) is 0 Å². The molecule has 0 aliphatic carbocycles. The lowest BCUT2D eigenvalue weighted by atomic mass is 10.0. The molecule has 1 aliphatic heterocycles. The molecule has 0 N–H and O–H groups in total. The Morgan fingerprint density at radius 2 is 1.94 bits per heavy atom. The number of fused-ring (bicyclic) bond motifs is 1. The van der Waals surface area contributed by atoms with Crippen molar-refractivity contribution in [1.29, 1.82) is 0 Å². The highest BCUT2D eigenvalue weighted by atomic mass is 79.9. The maximum Gasteiger partial charge on any atom is 0.118 e. The summed E-state index contributed by atoms with van der Waals surface area (Å²) in [6, 6.07) is 14.9. The maximum atomic E-state index is 5.20. The molecule has 1 atom stereocenters. The monoisotopic (exact) mass is 320 g/mol. The molecule has 0 bridgehead atoms. The first-order chi connectivity index (χ1) is 8.76. The number of thioether (sulfide) groups is 1. The van der Waals surface area contributed by atoms with Gasteiger partial charge in [0.1, 0.15) is 5.75 Å². The zero-order chi connectivity index (χ0) is 12.5. The third-order valence-electron chi connectivity index (χ3n) is 3.18. The van der Waals surface area contributed by atoms with E-state index in [1.54, 1.807) is 7.11 Å². The van der Waals surface area contributed by atoms with E-state index in [0.717, 1.165) is 16.6 Å². The summed E-state index contributed by atoms with van der Waals surface area (Å²) in [6.45, 7) is 0. The minimum absolute atomic E-state index is 0.528. The molecule has 92 valence electrons. The van der Waals surface area contributed by atoms with Gasteiger partial charge in [0.15, 0.2) is 0 Å². The average molecular weight is 321 g/mol. The highest BCUT2D eigenvalue weighted by Gasteiger charge is 2.23. The van der Waals surface area contributed by atoms with Crippen LogP contribution in [-0.4, -0.2) is 7.11 Å². The predicted octanol–water partition coefficient (Wildman–Crippen LogP) is 4.85. The number of benzene rings is 2. The number of ether oxygens (including phenoxy) is 1. The highest BCUT2D eigenvalue weighted by molar-refractivity contribution is 9.10. The van der Waals surface area contributed by atoms with Crippen LogP contribution in [0.15, 0.2) is 51.8 Å². The molecule has 0 amide bonds. The van der Waals surface area contributed by atoms with Gasteiger partial charge in [-0.3, -0.25) is 0 Å². The van der Waals surface area contributed by atoms with Crippen LogP contribution >= 0.6 is 27.7 Å². The number of hydrogen-bond donors (Lipinski definition) is 0. The summed E-state index contributed by atoms with van der Waals surface area (Å²) in [5.74, 6) is 0.919. The number of hydrogen-bond acceptors (Lipinski definition) is 2. The van der Waals surface area contributed by atoms with Gasteiger partial charge in [0.05, 0.1) is 7.11 Å². The van der Waals surface area contributed by atoms with Gasteiger partial charge in [-0.25, -0.2) is 0 Å². The van der Waals surface area contributed by atoms with Crippen molar-refractivity contribution < 1.29 is 4.74 Å². The van der Waals surface area contributed by atoms with Crippen molar-refractivity contribution in [2.75, 3.05) is 7.11 Å². The predicted molar refractivity (Wildman–Crippen MR) is 79.4 cm³/mol. The normalized spacial score (nSPS) is 17.6. The Balaban J connectivity index is 1.84. The van der Waals surface area contributed by atoms with Gasteiger partial charge in [0.25, 0.3) is 0 Å².